The molecule has 3 heterocycles. The summed E-state index contributed by atoms with van der Waals surface area (Å²) in [6, 6.07) is 8.63. The van der Waals surface area contributed by atoms with Crippen LogP contribution >= 0.6 is 11.6 Å². The van der Waals surface area contributed by atoms with Gasteiger partial charge in [-0.1, -0.05) is 11.6 Å². The predicted octanol–water partition coefficient (Wildman–Crippen LogP) is 1.13. The maximum absolute atomic E-state index is 12.7. The molecule has 0 bridgehead atoms. The first-order chi connectivity index (χ1) is 16.7. The summed E-state index contributed by atoms with van der Waals surface area (Å²) in [5.41, 5.74) is 1.71. The number of hydrogen-bond donors (Lipinski definition) is 3. The number of rotatable bonds is 7. The van der Waals surface area contributed by atoms with Crippen molar-refractivity contribution >= 4 is 41.0 Å². The summed E-state index contributed by atoms with van der Waals surface area (Å²) in [4.78, 5) is 63.0. The first-order valence-corrected chi connectivity index (χ1v) is 10.7. The third-order valence-electron chi connectivity index (χ3n) is 4.69. The molecule has 180 valence electrons. The molecule has 0 aliphatic heterocycles. The van der Waals surface area contributed by atoms with E-state index in [1.165, 1.54) is 43.5 Å². The number of nitrogens with zero attached hydrogens (tertiary/aromatic N) is 4. The van der Waals surface area contributed by atoms with Gasteiger partial charge >= 0.3 is 11.8 Å². The van der Waals surface area contributed by atoms with E-state index >= 15 is 0 Å². The second-order valence-electron chi connectivity index (χ2n) is 7.45. The number of carbonyl (C=O) groups is 4. The highest BCUT2D eigenvalue weighted by Gasteiger charge is 2.25. The maximum Gasteiger partial charge on any atom is 0.314 e. The van der Waals surface area contributed by atoms with E-state index in [1.54, 1.807) is 36.7 Å². The Morgan fingerprint density at radius 3 is 2.29 bits per heavy atom. The molecule has 0 spiro atoms. The van der Waals surface area contributed by atoms with E-state index in [4.69, 9.17) is 11.6 Å². The fourth-order valence-corrected chi connectivity index (χ4v) is 2.98. The van der Waals surface area contributed by atoms with E-state index in [9.17, 15) is 19.2 Å². The van der Waals surface area contributed by atoms with Crippen LogP contribution in [0.4, 0.5) is 5.82 Å². The average Bonchev–Trinajstić information content (AvgIpc) is 2.87. The van der Waals surface area contributed by atoms with E-state index in [0.29, 0.717) is 10.7 Å². The number of nitrogens with one attached hydrogen (secondary N) is 3. The normalized spacial score (nSPS) is 11.2. The molecule has 3 rings (SSSR count). The molecule has 12 heteroatoms. The summed E-state index contributed by atoms with van der Waals surface area (Å²) in [6.45, 7) is -0.314. The topological polar surface area (TPSA) is 146 Å². The van der Waals surface area contributed by atoms with Crippen molar-refractivity contribution in [3.63, 3.8) is 0 Å². The minimum Gasteiger partial charge on any atom is -0.347 e. The first kappa shape index (κ1) is 25.2. The molecule has 35 heavy (non-hydrogen) atoms. The summed E-state index contributed by atoms with van der Waals surface area (Å²) in [6.07, 6.45) is 5.97. The molecule has 0 aliphatic carbocycles. The predicted molar refractivity (Wildman–Crippen MR) is 128 cm³/mol. The third kappa shape index (κ3) is 7.05. The molecule has 11 nitrogen and oxygen atoms in total. The van der Waals surface area contributed by atoms with E-state index in [2.05, 4.69) is 30.9 Å². The van der Waals surface area contributed by atoms with Crippen LogP contribution in [0.1, 0.15) is 10.4 Å². The average molecular weight is 496 g/mol. The molecular formula is C23H22ClN7O4. The van der Waals surface area contributed by atoms with Gasteiger partial charge in [0.2, 0.25) is 5.91 Å². The molecule has 1 atom stereocenters. The van der Waals surface area contributed by atoms with Crippen LogP contribution in [0.25, 0.3) is 11.3 Å². The Kier molecular flexibility index (Phi) is 8.41. The number of likely N-dealkylation sites (N-methyl/N-ethyl adjacent to an activating group) is 1. The van der Waals surface area contributed by atoms with Crippen molar-refractivity contribution in [3.05, 3.63) is 71.8 Å². The molecule has 1 unspecified atom stereocenters. The van der Waals surface area contributed by atoms with Crippen molar-refractivity contribution in [3.8, 4) is 11.3 Å². The van der Waals surface area contributed by atoms with Gasteiger partial charge in [-0.3, -0.25) is 29.1 Å². The van der Waals surface area contributed by atoms with Gasteiger partial charge in [0.1, 0.15) is 11.9 Å². The van der Waals surface area contributed by atoms with Crippen molar-refractivity contribution in [2.45, 2.75) is 6.04 Å². The second-order valence-corrected chi connectivity index (χ2v) is 7.89. The number of halogens is 1. The number of amides is 4. The number of pyridine rings is 3. The van der Waals surface area contributed by atoms with Crippen molar-refractivity contribution in [2.24, 2.45) is 0 Å². The fraction of sp³-hybridized carbons (Fsp3) is 0.174. The number of aromatic nitrogens is 3. The molecule has 3 aromatic rings. The maximum atomic E-state index is 12.7. The van der Waals surface area contributed by atoms with Gasteiger partial charge in [0.05, 0.1) is 16.3 Å². The van der Waals surface area contributed by atoms with Crippen LogP contribution in [-0.2, 0) is 14.4 Å². The van der Waals surface area contributed by atoms with E-state index in [1.807, 2.05) is 0 Å². The van der Waals surface area contributed by atoms with E-state index in [0.717, 1.165) is 5.56 Å². The Labute approximate surface area is 205 Å². The lowest BCUT2D eigenvalue weighted by atomic mass is 10.1. The standard InChI is InChI=1S/C23H22ClN7O4/c1-31(2)23(35)18(13-28-21(33)22(34)30-19-6-4-16(24)12-27-19)29-20(32)15-3-5-17(26-11-15)14-7-9-25-10-8-14/h3-12,18H,13H2,1-2H3,(H,28,33)(H,29,32)(H,27,30,34). The monoisotopic (exact) mass is 495 g/mol. The van der Waals surface area contributed by atoms with Gasteiger partial charge in [-0.2, -0.15) is 0 Å². The highest BCUT2D eigenvalue weighted by molar-refractivity contribution is 6.39. The Morgan fingerprint density at radius 2 is 1.69 bits per heavy atom. The second kappa shape index (κ2) is 11.7. The number of anilines is 1. The molecule has 0 saturated carbocycles. The van der Waals surface area contributed by atoms with Crippen LogP contribution < -0.4 is 16.0 Å². The number of hydrogen-bond acceptors (Lipinski definition) is 7. The van der Waals surface area contributed by atoms with Crippen LogP contribution in [-0.4, -0.2) is 70.2 Å². The Hall–Kier alpha value is -4.38. The van der Waals surface area contributed by atoms with Gasteiger partial charge in [-0.15, -0.1) is 0 Å². The Bertz CT molecular complexity index is 1200. The smallest absolute Gasteiger partial charge is 0.314 e. The zero-order chi connectivity index (χ0) is 25.4. The quantitative estimate of drug-likeness (QED) is 0.416. The molecule has 3 N–H and O–H groups in total. The highest BCUT2D eigenvalue weighted by atomic mass is 35.5. The van der Waals surface area contributed by atoms with Crippen LogP contribution in [0.2, 0.25) is 5.02 Å². The molecule has 0 saturated heterocycles. The van der Waals surface area contributed by atoms with Crippen molar-refractivity contribution in [2.75, 3.05) is 26.0 Å². The zero-order valence-corrected chi connectivity index (χ0v) is 19.6. The molecule has 0 fully saturated rings. The summed E-state index contributed by atoms with van der Waals surface area (Å²) in [5, 5.41) is 7.60. The van der Waals surface area contributed by atoms with Crippen molar-refractivity contribution in [1.29, 1.82) is 0 Å². The third-order valence-corrected chi connectivity index (χ3v) is 4.91. The summed E-state index contributed by atoms with van der Waals surface area (Å²) in [7, 11) is 3.01. The Morgan fingerprint density at radius 1 is 0.943 bits per heavy atom. The zero-order valence-electron chi connectivity index (χ0n) is 18.9. The minimum atomic E-state index is -1.12. The number of carbonyl (C=O) groups excluding carboxylic acids is 4. The molecule has 0 aliphatic rings. The summed E-state index contributed by atoms with van der Waals surface area (Å²) in [5.74, 6) is -2.90. The Balaban J connectivity index is 1.62. The lowest BCUT2D eigenvalue weighted by Crippen LogP contribution is -2.53. The van der Waals surface area contributed by atoms with Crippen molar-refractivity contribution < 1.29 is 19.2 Å². The van der Waals surface area contributed by atoms with Crippen LogP contribution in [0.5, 0.6) is 0 Å². The first-order valence-electron chi connectivity index (χ1n) is 10.3. The van der Waals surface area contributed by atoms with Gasteiger partial charge in [-0.25, -0.2) is 4.98 Å². The highest BCUT2D eigenvalue weighted by Crippen LogP contribution is 2.15. The minimum absolute atomic E-state index is 0.131. The van der Waals surface area contributed by atoms with E-state index in [-0.39, 0.29) is 17.9 Å². The fourth-order valence-electron chi connectivity index (χ4n) is 2.87. The molecule has 0 radical (unpaired) electrons. The molecular weight excluding hydrogens is 474 g/mol. The van der Waals surface area contributed by atoms with Crippen molar-refractivity contribution in [1.82, 2.24) is 30.5 Å². The lowest BCUT2D eigenvalue weighted by Gasteiger charge is -2.22. The van der Waals surface area contributed by atoms with Gasteiger partial charge in [0.15, 0.2) is 0 Å². The largest absolute Gasteiger partial charge is 0.347 e. The lowest BCUT2D eigenvalue weighted by molar-refractivity contribution is -0.136. The van der Waals surface area contributed by atoms with E-state index < -0.39 is 29.7 Å². The SMILES string of the molecule is CN(C)C(=O)C(CNC(=O)C(=O)Nc1ccc(Cl)cn1)NC(=O)c1ccc(-c2ccncc2)nc1. The van der Waals surface area contributed by atoms with Gasteiger partial charge in [0, 0.05) is 51.0 Å². The molecule has 3 aromatic heterocycles. The molecule has 0 aromatic carbocycles. The summed E-state index contributed by atoms with van der Waals surface area (Å²) < 4.78 is 0. The summed E-state index contributed by atoms with van der Waals surface area (Å²) >= 11 is 5.74. The van der Waals surface area contributed by atoms with Crippen LogP contribution in [0.15, 0.2) is 61.2 Å². The van der Waals surface area contributed by atoms with Gasteiger partial charge in [-0.05, 0) is 36.4 Å². The van der Waals surface area contributed by atoms with Gasteiger partial charge < -0.3 is 20.9 Å². The van der Waals surface area contributed by atoms with Crippen LogP contribution in [0, 0.1) is 0 Å². The van der Waals surface area contributed by atoms with Gasteiger partial charge in [0.25, 0.3) is 5.91 Å². The molecule has 4 amide bonds. The van der Waals surface area contributed by atoms with Crippen LogP contribution in [0.3, 0.4) is 0 Å².